The normalized spacial score (nSPS) is 15.9. The number of fused-ring (bicyclic) bond motifs is 1. The van der Waals surface area contributed by atoms with E-state index in [0.717, 1.165) is 18.7 Å². The summed E-state index contributed by atoms with van der Waals surface area (Å²) >= 11 is 0. The highest BCUT2D eigenvalue weighted by Gasteiger charge is 2.27. The van der Waals surface area contributed by atoms with Gasteiger partial charge in [0, 0.05) is 54.6 Å². The van der Waals surface area contributed by atoms with E-state index in [-0.39, 0.29) is 22.9 Å². The summed E-state index contributed by atoms with van der Waals surface area (Å²) in [5.41, 5.74) is 4.47. The molecule has 0 N–H and O–H groups in total. The number of rotatable bonds is 4. The van der Waals surface area contributed by atoms with Gasteiger partial charge in [-0.2, -0.15) is 0 Å². The predicted molar refractivity (Wildman–Crippen MR) is 125 cm³/mol. The molecule has 0 radical (unpaired) electrons. The number of carbonyl (C=O) groups is 1. The first-order valence-electron chi connectivity index (χ1n) is 10.6. The van der Waals surface area contributed by atoms with Gasteiger partial charge >= 0.3 is 0 Å². The third kappa shape index (κ3) is 3.62. The molecule has 2 aliphatic heterocycles. The highest BCUT2D eigenvalue weighted by Crippen LogP contribution is 2.32. The molecule has 160 valence electrons. The van der Waals surface area contributed by atoms with E-state index in [2.05, 4.69) is 26.9 Å². The average Bonchev–Trinajstić information content (AvgIpc) is 2.85. The Labute approximate surface area is 185 Å². The number of ketones is 1. The second-order valence-electron chi connectivity index (χ2n) is 7.90. The van der Waals surface area contributed by atoms with Crippen LogP contribution in [0.2, 0.25) is 0 Å². The minimum absolute atomic E-state index is 0.0354. The molecular weight excluding hydrogens is 404 g/mol. The SMILES string of the molecule is O=C1CN=C(c2ccc(N3CCN(c4ccccc4)CC3)c([N+](=O)[O-])c2)c2ccccc21. The Morgan fingerprint density at radius 3 is 2.19 bits per heavy atom. The number of benzene rings is 3. The maximum atomic E-state index is 12.2. The summed E-state index contributed by atoms with van der Waals surface area (Å²) in [6.07, 6.45) is 0. The summed E-state index contributed by atoms with van der Waals surface area (Å²) in [6, 6.07) is 22.8. The highest BCUT2D eigenvalue weighted by molar-refractivity contribution is 6.22. The van der Waals surface area contributed by atoms with Gasteiger partial charge in [-0.3, -0.25) is 19.9 Å². The largest absolute Gasteiger partial charge is 0.368 e. The van der Waals surface area contributed by atoms with E-state index in [1.807, 2.05) is 48.5 Å². The summed E-state index contributed by atoms with van der Waals surface area (Å²) in [5.74, 6) is -0.0354. The van der Waals surface area contributed by atoms with Crippen molar-refractivity contribution in [3.05, 3.63) is 99.6 Å². The van der Waals surface area contributed by atoms with E-state index >= 15 is 0 Å². The van der Waals surface area contributed by atoms with E-state index in [4.69, 9.17) is 0 Å². The fourth-order valence-electron chi connectivity index (χ4n) is 4.43. The molecule has 2 aliphatic rings. The lowest BCUT2D eigenvalue weighted by molar-refractivity contribution is -0.384. The molecule has 3 aromatic rings. The van der Waals surface area contributed by atoms with Gasteiger partial charge in [0.15, 0.2) is 5.78 Å². The number of hydrogen-bond acceptors (Lipinski definition) is 6. The number of carbonyl (C=O) groups excluding carboxylic acids is 1. The Bertz CT molecular complexity index is 1210. The maximum absolute atomic E-state index is 12.2. The molecule has 0 spiro atoms. The molecule has 5 rings (SSSR count). The first-order chi connectivity index (χ1) is 15.6. The Balaban J connectivity index is 1.43. The Morgan fingerprint density at radius 2 is 1.47 bits per heavy atom. The predicted octanol–water partition coefficient (Wildman–Crippen LogP) is 3.96. The van der Waals surface area contributed by atoms with Crippen LogP contribution in [0.5, 0.6) is 0 Å². The zero-order valence-electron chi connectivity index (χ0n) is 17.5. The van der Waals surface area contributed by atoms with E-state index in [1.54, 1.807) is 12.1 Å². The summed E-state index contributed by atoms with van der Waals surface area (Å²) in [4.78, 5) is 32.6. The van der Waals surface area contributed by atoms with Gasteiger partial charge in [-0.15, -0.1) is 0 Å². The van der Waals surface area contributed by atoms with Crippen LogP contribution in [-0.4, -0.2) is 49.1 Å². The minimum atomic E-state index is -0.331. The lowest BCUT2D eigenvalue weighted by atomic mass is 9.92. The quantitative estimate of drug-likeness (QED) is 0.466. The molecule has 1 fully saturated rings. The van der Waals surface area contributed by atoms with Crippen LogP contribution in [0.4, 0.5) is 17.1 Å². The van der Waals surface area contributed by atoms with Gasteiger partial charge < -0.3 is 9.80 Å². The fraction of sp³-hybridized carbons (Fsp3) is 0.200. The summed E-state index contributed by atoms with van der Waals surface area (Å²) in [7, 11) is 0. The van der Waals surface area contributed by atoms with Crippen LogP contribution >= 0.6 is 0 Å². The third-order valence-corrected chi connectivity index (χ3v) is 6.05. The monoisotopic (exact) mass is 426 g/mol. The van der Waals surface area contributed by atoms with Gasteiger partial charge in [0.05, 0.1) is 10.6 Å². The van der Waals surface area contributed by atoms with Gasteiger partial charge in [-0.1, -0.05) is 48.5 Å². The topological polar surface area (TPSA) is 79.0 Å². The van der Waals surface area contributed by atoms with Gasteiger partial charge in [0.2, 0.25) is 0 Å². The smallest absolute Gasteiger partial charge is 0.293 e. The van der Waals surface area contributed by atoms with Crippen LogP contribution in [0.25, 0.3) is 0 Å². The minimum Gasteiger partial charge on any atom is -0.368 e. The molecule has 32 heavy (non-hydrogen) atoms. The van der Waals surface area contributed by atoms with Crippen LogP contribution in [0.15, 0.2) is 77.8 Å². The van der Waals surface area contributed by atoms with Crippen molar-refractivity contribution < 1.29 is 9.72 Å². The first-order valence-corrected chi connectivity index (χ1v) is 10.6. The van der Waals surface area contributed by atoms with Crippen molar-refractivity contribution in [3.8, 4) is 0 Å². The van der Waals surface area contributed by atoms with Crippen LogP contribution in [-0.2, 0) is 0 Å². The number of nitro benzene ring substituents is 1. The number of nitrogens with zero attached hydrogens (tertiary/aromatic N) is 4. The fourth-order valence-corrected chi connectivity index (χ4v) is 4.43. The maximum Gasteiger partial charge on any atom is 0.293 e. The van der Waals surface area contributed by atoms with Gasteiger partial charge in [-0.25, -0.2) is 0 Å². The molecule has 0 atom stereocenters. The van der Waals surface area contributed by atoms with E-state index in [9.17, 15) is 14.9 Å². The third-order valence-electron chi connectivity index (χ3n) is 6.05. The number of anilines is 2. The van der Waals surface area contributed by atoms with Crippen molar-refractivity contribution in [3.63, 3.8) is 0 Å². The number of hydrogen-bond donors (Lipinski definition) is 0. The Kier molecular flexibility index (Phi) is 5.15. The number of nitro groups is 1. The summed E-state index contributed by atoms with van der Waals surface area (Å²) in [5, 5.41) is 12.0. The van der Waals surface area contributed by atoms with Crippen molar-refractivity contribution in [1.82, 2.24) is 0 Å². The van der Waals surface area contributed by atoms with Gasteiger partial charge in [0.25, 0.3) is 5.69 Å². The summed E-state index contributed by atoms with van der Waals surface area (Å²) < 4.78 is 0. The molecule has 0 bridgehead atoms. The second kappa shape index (κ2) is 8.26. The van der Waals surface area contributed by atoms with Crippen molar-refractivity contribution in [2.75, 3.05) is 42.5 Å². The van der Waals surface area contributed by atoms with E-state index in [1.165, 1.54) is 5.69 Å². The van der Waals surface area contributed by atoms with Crippen molar-refractivity contribution in [2.45, 2.75) is 0 Å². The lowest BCUT2D eigenvalue weighted by Gasteiger charge is -2.37. The molecule has 1 saturated heterocycles. The first kappa shape index (κ1) is 19.9. The van der Waals surface area contributed by atoms with E-state index in [0.29, 0.717) is 35.6 Å². The van der Waals surface area contributed by atoms with Crippen molar-refractivity contribution in [1.29, 1.82) is 0 Å². The van der Waals surface area contributed by atoms with Crippen LogP contribution in [0, 0.1) is 10.1 Å². The number of para-hydroxylation sites is 1. The van der Waals surface area contributed by atoms with Gasteiger partial charge in [-0.05, 0) is 18.2 Å². The molecule has 0 saturated carbocycles. The van der Waals surface area contributed by atoms with Crippen molar-refractivity contribution >= 4 is 28.6 Å². The highest BCUT2D eigenvalue weighted by atomic mass is 16.6. The Hall–Kier alpha value is -4.00. The summed E-state index contributed by atoms with van der Waals surface area (Å²) in [6.45, 7) is 3.06. The van der Waals surface area contributed by atoms with Crippen molar-refractivity contribution in [2.24, 2.45) is 4.99 Å². The molecule has 2 heterocycles. The van der Waals surface area contributed by atoms with Crippen LogP contribution in [0.3, 0.4) is 0 Å². The molecule has 3 aromatic carbocycles. The van der Waals surface area contributed by atoms with E-state index < -0.39 is 0 Å². The average molecular weight is 426 g/mol. The molecule has 0 unspecified atom stereocenters. The standard InChI is InChI=1S/C25H22N4O3/c30-24-17-26-25(21-9-5-4-8-20(21)24)18-10-11-22(23(16-18)29(31)32)28-14-12-27(13-15-28)19-6-2-1-3-7-19/h1-11,16H,12-15,17H2. The zero-order chi connectivity index (χ0) is 22.1. The lowest BCUT2D eigenvalue weighted by Crippen LogP contribution is -2.46. The second-order valence-corrected chi connectivity index (χ2v) is 7.90. The van der Waals surface area contributed by atoms with Crippen LogP contribution in [0.1, 0.15) is 21.5 Å². The number of piperazine rings is 1. The number of Topliss-reactive ketones (excluding diaryl/α,β-unsaturated/α-hetero) is 1. The molecule has 0 amide bonds. The number of aliphatic imine (C=N–C) groups is 1. The molecule has 7 nitrogen and oxygen atoms in total. The zero-order valence-corrected chi connectivity index (χ0v) is 17.5. The van der Waals surface area contributed by atoms with Crippen LogP contribution < -0.4 is 9.80 Å². The Morgan fingerprint density at radius 1 is 0.812 bits per heavy atom. The molecule has 0 aromatic heterocycles. The molecule has 0 aliphatic carbocycles. The molecular formula is C25H22N4O3. The molecule has 7 heteroatoms. The van der Waals surface area contributed by atoms with Gasteiger partial charge in [0.1, 0.15) is 12.2 Å².